The fourth-order valence-corrected chi connectivity index (χ4v) is 3.27. The molecule has 0 saturated carbocycles. The Hall–Kier alpha value is -0.120. The predicted octanol–water partition coefficient (Wildman–Crippen LogP) is 1.35. The molecular weight excluding hydrogens is 200 g/mol. The molecule has 2 bridgehead atoms. The molecule has 2 saturated heterocycles. The maximum atomic E-state index is 9.77. The average Bonchev–Trinajstić information content (AvgIpc) is 2.52. The molecule has 16 heavy (non-hydrogen) atoms. The van der Waals surface area contributed by atoms with Crippen molar-refractivity contribution in [1.82, 2.24) is 4.90 Å². The average molecular weight is 226 g/mol. The minimum absolute atomic E-state index is 0.0560. The number of hydrogen-bond donors (Lipinski definition) is 2. The summed E-state index contributed by atoms with van der Waals surface area (Å²) in [6, 6.07) is 1.23. The van der Waals surface area contributed by atoms with Crippen LogP contribution in [0.25, 0.3) is 0 Å². The molecule has 0 amide bonds. The van der Waals surface area contributed by atoms with Gasteiger partial charge in [-0.2, -0.15) is 0 Å². The van der Waals surface area contributed by atoms with E-state index in [2.05, 4.69) is 18.7 Å². The van der Waals surface area contributed by atoms with E-state index in [0.717, 1.165) is 32.4 Å². The summed E-state index contributed by atoms with van der Waals surface area (Å²) in [6.07, 6.45) is 5.57. The molecule has 2 aliphatic rings. The maximum absolute atomic E-state index is 9.77. The van der Waals surface area contributed by atoms with Crippen LogP contribution in [0, 0.1) is 5.41 Å². The van der Waals surface area contributed by atoms with Crippen LogP contribution in [-0.2, 0) is 0 Å². The molecule has 0 spiro atoms. The molecule has 2 rings (SSSR count). The fourth-order valence-electron chi connectivity index (χ4n) is 3.27. The van der Waals surface area contributed by atoms with Crippen LogP contribution in [0.1, 0.15) is 46.0 Å². The van der Waals surface area contributed by atoms with Gasteiger partial charge in [0.25, 0.3) is 0 Å². The van der Waals surface area contributed by atoms with Crippen LogP contribution in [0.3, 0.4) is 0 Å². The Morgan fingerprint density at radius 3 is 2.31 bits per heavy atom. The molecule has 2 heterocycles. The van der Waals surface area contributed by atoms with Crippen molar-refractivity contribution >= 4 is 0 Å². The third-order valence-corrected chi connectivity index (χ3v) is 4.77. The van der Waals surface area contributed by atoms with Crippen molar-refractivity contribution in [3.63, 3.8) is 0 Å². The van der Waals surface area contributed by atoms with Gasteiger partial charge in [-0.3, -0.25) is 4.90 Å². The highest BCUT2D eigenvalue weighted by atomic mass is 16.3. The second kappa shape index (κ2) is 4.63. The lowest BCUT2D eigenvalue weighted by molar-refractivity contribution is 0.0134. The molecule has 0 radical (unpaired) electrons. The van der Waals surface area contributed by atoms with Gasteiger partial charge in [-0.15, -0.1) is 0 Å². The zero-order chi connectivity index (χ0) is 11.8. The molecule has 0 aliphatic carbocycles. The van der Waals surface area contributed by atoms with Crippen molar-refractivity contribution in [2.45, 2.75) is 64.1 Å². The zero-order valence-corrected chi connectivity index (χ0v) is 10.7. The summed E-state index contributed by atoms with van der Waals surface area (Å²) in [5.41, 5.74) is 6.15. The van der Waals surface area contributed by atoms with E-state index in [0.29, 0.717) is 12.1 Å². The Bertz CT molecular complexity index is 226. The minimum Gasteiger partial charge on any atom is -0.393 e. The lowest BCUT2D eigenvalue weighted by atomic mass is 9.85. The highest BCUT2D eigenvalue weighted by Gasteiger charge is 2.42. The van der Waals surface area contributed by atoms with Gasteiger partial charge in [0.2, 0.25) is 0 Å². The number of nitrogens with zero attached hydrogens (tertiary/aromatic N) is 1. The Labute approximate surface area is 99.0 Å². The Balaban J connectivity index is 2.01. The molecule has 2 fully saturated rings. The lowest BCUT2D eigenvalue weighted by Gasteiger charge is -2.42. The number of rotatable bonds is 4. The summed E-state index contributed by atoms with van der Waals surface area (Å²) in [6.45, 7) is 6.40. The van der Waals surface area contributed by atoms with Crippen LogP contribution in [0.15, 0.2) is 0 Å². The summed E-state index contributed by atoms with van der Waals surface area (Å²) in [4.78, 5) is 2.63. The highest BCUT2D eigenvalue weighted by Crippen LogP contribution is 2.38. The molecule has 3 atom stereocenters. The van der Waals surface area contributed by atoms with E-state index in [-0.39, 0.29) is 11.5 Å². The first kappa shape index (κ1) is 12.3. The molecule has 0 aromatic rings. The van der Waals surface area contributed by atoms with Crippen LogP contribution >= 0.6 is 0 Å². The van der Waals surface area contributed by atoms with Gasteiger partial charge in [-0.1, -0.05) is 13.8 Å². The third-order valence-electron chi connectivity index (χ3n) is 4.77. The van der Waals surface area contributed by atoms with Crippen molar-refractivity contribution in [1.29, 1.82) is 0 Å². The van der Waals surface area contributed by atoms with E-state index >= 15 is 0 Å². The van der Waals surface area contributed by atoms with Crippen molar-refractivity contribution in [2.75, 3.05) is 13.1 Å². The number of piperidine rings is 1. The first-order valence-electron chi connectivity index (χ1n) is 6.72. The number of hydrogen-bond acceptors (Lipinski definition) is 3. The van der Waals surface area contributed by atoms with Gasteiger partial charge in [-0.05, 0) is 44.1 Å². The molecule has 0 aromatic heterocycles. The minimum atomic E-state index is -0.0560. The van der Waals surface area contributed by atoms with Crippen LogP contribution in [-0.4, -0.2) is 41.3 Å². The molecule has 2 aliphatic heterocycles. The zero-order valence-electron chi connectivity index (χ0n) is 10.7. The molecule has 3 nitrogen and oxygen atoms in total. The van der Waals surface area contributed by atoms with E-state index < -0.39 is 0 Å². The normalized spacial score (nSPS) is 38.6. The summed E-state index contributed by atoms with van der Waals surface area (Å²) in [5.74, 6) is 0. The maximum Gasteiger partial charge on any atom is 0.0570 e. The van der Waals surface area contributed by atoms with Gasteiger partial charge in [0.1, 0.15) is 0 Å². The van der Waals surface area contributed by atoms with Gasteiger partial charge < -0.3 is 10.8 Å². The highest BCUT2D eigenvalue weighted by molar-refractivity contribution is 4.97. The van der Waals surface area contributed by atoms with Crippen molar-refractivity contribution in [3.05, 3.63) is 0 Å². The monoisotopic (exact) mass is 226 g/mol. The Morgan fingerprint density at radius 2 is 1.88 bits per heavy atom. The molecular formula is C13H26N2O. The van der Waals surface area contributed by atoms with Crippen LogP contribution in [0.4, 0.5) is 0 Å². The second-order valence-corrected chi connectivity index (χ2v) is 6.05. The SMILES string of the molecule is CCC(C)(CN)CN1C2CCC1CC(O)C2. The van der Waals surface area contributed by atoms with Crippen molar-refractivity contribution in [3.8, 4) is 0 Å². The van der Waals surface area contributed by atoms with Crippen LogP contribution in [0.2, 0.25) is 0 Å². The quantitative estimate of drug-likeness (QED) is 0.761. The Morgan fingerprint density at radius 1 is 1.31 bits per heavy atom. The van der Waals surface area contributed by atoms with E-state index in [9.17, 15) is 5.11 Å². The lowest BCUT2D eigenvalue weighted by Crippen LogP contribution is -2.50. The van der Waals surface area contributed by atoms with Gasteiger partial charge in [0, 0.05) is 18.6 Å². The standard InChI is InChI=1S/C13H26N2O/c1-3-13(2,8-14)9-15-10-4-5-11(15)7-12(16)6-10/h10-12,16H,3-9,14H2,1-2H3. The van der Waals surface area contributed by atoms with Gasteiger partial charge in [0.15, 0.2) is 0 Å². The molecule has 3 heteroatoms. The predicted molar refractivity (Wildman–Crippen MR) is 66.2 cm³/mol. The largest absolute Gasteiger partial charge is 0.393 e. The smallest absolute Gasteiger partial charge is 0.0570 e. The topological polar surface area (TPSA) is 49.5 Å². The van der Waals surface area contributed by atoms with Gasteiger partial charge in [-0.25, -0.2) is 0 Å². The summed E-state index contributed by atoms with van der Waals surface area (Å²) in [5, 5.41) is 9.77. The van der Waals surface area contributed by atoms with Crippen LogP contribution in [0.5, 0.6) is 0 Å². The molecule has 3 unspecified atom stereocenters. The summed E-state index contributed by atoms with van der Waals surface area (Å²) < 4.78 is 0. The number of aliphatic hydroxyl groups is 1. The fraction of sp³-hybridized carbons (Fsp3) is 1.00. The first-order chi connectivity index (χ1) is 7.58. The number of fused-ring (bicyclic) bond motifs is 2. The molecule has 0 aromatic carbocycles. The van der Waals surface area contributed by atoms with E-state index in [1.807, 2.05) is 0 Å². The van der Waals surface area contributed by atoms with E-state index in [1.165, 1.54) is 12.8 Å². The van der Waals surface area contributed by atoms with E-state index in [4.69, 9.17) is 5.73 Å². The summed E-state index contributed by atoms with van der Waals surface area (Å²) >= 11 is 0. The Kier molecular flexibility index (Phi) is 3.57. The van der Waals surface area contributed by atoms with Gasteiger partial charge in [0.05, 0.1) is 6.10 Å². The molecule has 3 N–H and O–H groups in total. The first-order valence-corrected chi connectivity index (χ1v) is 6.72. The van der Waals surface area contributed by atoms with E-state index in [1.54, 1.807) is 0 Å². The number of aliphatic hydroxyl groups excluding tert-OH is 1. The third kappa shape index (κ3) is 2.27. The van der Waals surface area contributed by atoms with Crippen LogP contribution < -0.4 is 5.73 Å². The van der Waals surface area contributed by atoms with Gasteiger partial charge >= 0.3 is 0 Å². The molecule has 94 valence electrons. The second-order valence-electron chi connectivity index (χ2n) is 6.05. The number of nitrogens with two attached hydrogens (primary N) is 1. The van der Waals surface area contributed by atoms with Crippen molar-refractivity contribution in [2.24, 2.45) is 11.1 Å². The summed E-state index contributed by atoms with van der Waals surface area (Å²) in [7, 11) is 0. The van der Waals surface area contributed by atoms with Crippen molar-refractivity contribution < 1.29 is 5.11 Å².